The zero-order valence-corrected chi connectivity index (χ0v) is 9.73. The van der Waals surface area contributed by atoms with Gasteiger partial charge in [-0.2, -0.15) is 0 Å². The van der Waals surface area contributed by atoms with Crippen molar-refractivity contribution in [3.05, 3.63) is 58.6 Å². The minimum absolute atomic E-state index is 0.469. The van der Waals surface area contributed by atoms with Gasteiger partial charge in [0.25, 0.3) is 0 Å². The summed E-state index contributed by atoms with van der Waals surface area (Å²) in [4.78, 5) is 0. The molecular weight excluding hydrogens is 239 g/mol. The van der Waals surface area contributed by atoms with Crippen LogP contribution in [-0.2, 0) is 0 Å². The molecule has 0 heterocycles. The van der Waals surface area contributed by atoms with Crippen molar-refractivity contribution in [3.8, 4) is 0 Å². The molecule has 0 atom stereocenters. The van der Waals surface area contributed by atoms with Crippen molar-refractivity contribution >= 4 is 44.7 Å². The molecule has 0 nitrogen and oxygen atoms in total. The van der Waals surface area contributed by atoms with Crippen molar-refractivity contribution in [2.75, 3.05) is 0 Å². The van der Waals surface area contributed by atoms with E-state index in [-0.39, 0.29) is 0 Å². The Balaban J connectivity index is 2.58. The predicted octanol–water partition coefficient (Wildman–Crippen LogP) is 4.90. The first-order valence-corrected chi connectivity index (χ1v) is 5.61. The maximum Gasteiger partial charge on any atom is 0.0677 e. The molecule has 0 amide bonds. The highest BCUT2D eigenvalue weighted by Gasteiger charge is 2.06. The molecule has 0 bridgehead atoms. The van der Waals surface area contributed by atoms with Crippen LogP contribution in [0.2, 0.25) is 10.0 Å². The van der Waals surface area contributed by atoms with Gasteiger partial charge in [0.15, 0.2) is 0 Å². The quantitative estimate of drug-likeness (QED) is 0.494. The molecule has 0 N–H and O–H groups in total. The second-order valence-electron chi connectivity index (χ2n) is 3.59. The maximum atomic E-state index is 6.16. The summed E-state index contributed by atoms with van der Waals surface area (Å²) in [7, 11) is 0. The van der Waals surface area contributed by atoms with Gasteiger partial charge in [-0.05, 0) is 34.4 Å². The van der Waals surface area contributed by atoms with Crippen molar-refractivity contribution in [2.24, 2.45) is 0 Å². The molecule has 0 saturated heterocycles. The molecule has 2 heteroatoms. The van der Waals surface area contributed by atoms with Crippen molar-refractivity contribution in [2.45, 2.75) is 0 Å². The molecule has 3 aromatic rings. The average Bonchev–Trinajstić information content (AvgIpc) is 2.33. The third-order valence-corrected chi connectivity index (χ3v) is 3.47. The Labute approximate surface area is 103 Å². The van der Waals surface area contributed by atoms with Gasteiger partial charge in [-0.3, -0.25) is 0 Å². The Hall–Kier alpha value is -1.24. The third kappa shape index (κ3) is 1.38. The van der Waals surface area contributed by atoms with Crippen molar-refractivity contribution in [3.63, 3.8) is 0 Å². The maximum absolute atomic E-state index is 6.16. The van der Waals surface area contributed by atoms with Crippen LogP contribution in [0, 0.1) is 12.1 Å². The number of hydrogen-bond donors (Lipinski definition) is 0. The predicted molar refractivity (Wildman–Crippen MR) is 69.1 cm³/mol. The Morgan fingerprint density at radius 1 is 0.875 bits per heavy atom. The second kappa shape index (κ2) is 3.65. The third-order valence-electron chi connectivity index (χ3n) is 2.68. The second-order valence-corrected chi connectivity index (χ2v) is 4.35. The highest BCUT2D eigenvalue weighted by molar-refractivity contribution is 6.45. The van der Waals surface area contributed by atoms with Crippen LogP contribution in [0.4, 0.5) is 0 Å². The Kier molecular flexibility index (Phi) is 2.27. The first-order chi connectivity index (χ1) is 7.77. The van der Waals surface area contributed by atoms with Crippen molar-refractivity contribution in [1.29, 1.82) is 0 Å². The summed E-state index contributed by atoms with van der Waals surface area (Å²) < 4.78 is 0. The van der Waals surface area contributed by atoms with E-state index in [1.54, 1.807) is 0 Å². The largest absolute Gasteiger partial charge is 0.0820 e. The van der Waals surface area contributed by atoms with Gasteiger partial charge in [-0.15, -0.1) is 0 Å². The van der Waals surface area contributed by atoms with E-state index in [4.69, 9.17) is 23.2 Å². The lowest BCUT2D eigenvalue weighted by Gasteiger charge is -2.05. The van der Waals surface area contributed by atoms with Crippen LogP contribution in [0.1, 0.15) is 0 Å². The van der Waals surface area contributed by atoms with Crippen LogP contribution in [0.3, 0.4) is 0 Å². The zero-order chi connectivity index (χ0) is 11.1. The van der Waals surface area contributed by atoms with Gasteiger partial charge in [0.05, 0.1) is 10.0 Å². The highest BCUT2D eigenvalue weighted by atomic mass is 35.5. The fourth-order valence-corrected chi connectivity index (χ4v) is 2.27. The number of benzene rings is 3. The zero-order valence-electron chi connectivity index (χ0n) is 8.22. The van der Waals surface area contributed by atoms with E-state index in [0.717, 1.165) is 21.5 Å². The van der Waals surface area contributed by atoms with Crippen LogP contribution >= 0.6 is 23.2 Å². The molecular formula is C14H6Cl2. The Bertz CT molecular complexity index is 687. The summed E-state index contributed by atoms with van der Waals surface area (Å²) >= 11 is 12.1. The van der Waals surface area contributed by atoms with Gasteiger partial charge in [-0.1, -0.05) is 47.5 Å². The molecule has 0 unspecified atom stereocenters. The molecule has 76 valence electrons. The van der Waals surface area contributed by atoms with E-state index in [0.29, 0.717) is 10.0 Å². The lowest BCUT2D eigenvalue weighted by molar-refractivity contribution is 1.74. The number of rotatable bonds is 0. The van der Waals surface area contributed by atoms with Gasteiger partial charge >= 0.3 is 0 Å². The van der Waals surface area contributed by atoms with E-state index < -0.39 is 0 Å². The van der Waals surface area contributed by atoms with E-state index >= 15 is 0 Å². The van der Waals surface area contributed by atoms with Crippen LogP contribution in [0.15, 0.2) is 36.4 Å². The number of fused-ring (bicyclic) bond motifs is 3. The Morgan fingerprint density at radius 2 is 1.75 bits per heavy atom. The van der Waals surface area contributed by atoms with Crippen LogP contribution in [0.25, 0.3) is 21.5 Å². The topological polar surface area (TPSA) is 0 Å². The molecule has 0 saturated carbocycles. The molecule has 0 spiro atoms. The van der Waals surface area contributed by atoms with Gasteiger partial charge in [-0.25, -0.2) is 0 Å². The number of halogens is 2. The van der Waals surface area contributed by atoms with Crippen molar-refractivity contribution < 1.29 is 0 Å². The fourth-order valence-electron chi connectivity index (χ4n) is 1.90. The molecule has 0 aliphatic carbocycles. The highest BCUT2D eigenvalue weighted by Crippen LogP contribution is 2.34. The molecule has 0 fully saturated rings. The monoisotopic (exact) mass is 244 g/mol. The normalized spacial score (nSPS) is 11.1. The van der Waals surface area contributed by atoms with Crippen molar-refractivity contribution in [1.82, 2.24) is 0 Å². The SMILES string of the molecule is Clc1[c]cc2c(ccc3c[c]ccc32)c1Cl. The summed E-state index contributed by atoms with van der Waals surface area (Å²) in [5.41, 5.74) is 0. The molecule has 3 rings (SSSR count). The van der Waals surface area contributed by atoms with Gasteiger partial charge in [0.2, 0.25) is 0 Å². The van der Waals surface area contributed by atoms with E-state index in [9.17, 15) is 0 Å². The summed E-state index contributed by atoms with van der Waals surface area (Å²) in [6.45, 7) is 0. The lowest BCUT2D eigenvalue weighted by atomic mass is 10.0. The summed E-state index contributed by atoms with van der Waals surface area (Å²) in [6, 6.07) is 17.8. The van der Waals surface area contributed by atoms with Crippen LogP contribution in [-0.4, -0.2) is 0 Å². The molecule has 0 aliphatic rings. The molecule has 0 aromatic heterocycles. The van der Waals surface area contributed by atoms with E-state index in [1.165, 1.54) is 0 Å². The van der Waals surface area contributed by atoms with Crippen LogP contribution in [0.5, 0.6) is 0 Å². The molecule has 0 aliphatic heterocycles. The molecule has 2 radical (unpaired) electrons. The van der Waals surface area contributed by atoms with Gasteiger partial charge in [0.1, 0.15) is 0 Å². The minimum Gasteiger partial charge on any atom is -0.0820 e. The van der Waals surface area contributed by atoms with E-state index in [2.05, 4.69) is 12.1 Å². The van der Waals surface area contributed by atoms with Crippen LogP contribution < -0.4 is 0 Å². The first-order valence-electron chi connectivity index (χ1n) is 4.85. The van der Waals surface area contributed by atoms with E-state index in [1.807, 2.05) is 36.4 Å². The Morgan fingerprint density at radius 3 is 2.62 bits per heavy atom. The first kappa shape index (κ1) is 9.95. The minimum atomic E-state index is 0.469. The standard InChI is InChI=1S/C14H6Cl2/c15-13-8-7-11-10-4-2-1-3-9(10)5-6-12(11)14(13)16/h2-7H. The van der Waals surface area contributed by atoms with Gasteiger partial charge < -0.3 is 0 Å². The smallest absolute Gasteiger partial charge is 0.0677 e. The van der Waals surface area contributed by atoms with Gasteiger partial charge in [0, 0.05) is 11.5 Å². The summed E-state index contributed by atoms with van der Waals surface area (Å²) in [5.74, 6) is 0. The molecule has 16 heavy (non-hydrogen) atoms. The number of hydrogen-bond acceptors (Lipinski definition) is 0. The lowest BCUT2D eigenvalue weighted by Crippen LogP contribution is -1.79. The fraction of sp³-hybridized carbons (Fsp3) is 0. The molecule has 3 aromatic carbocycles. The average molecular weight is 245 g/mol. The summed E-state index contributed by atoms with van der Waals surface area (Å²) in [5, 5.41) is 5.35. The summed E-state index contributed by atoms with van der Waals surface area (Å²) in [6.07, 6.45) is 0.